The number of methoxy groups -OCH3 is 1. The number of rotatable bonds is 10. The second-order valence-corrected chi connectivity index (χ2v) is 8.80. The first-order valence-electron chi connectivity index (χ1n) is 9.39. The number of thiazole rings is 1. The Morgan fingerprint density at radius 2 is 2.10 bits per heavy atom. The zero-order valence-electron chi connectivity index (χ0n) is 16.8. The maximum Gasteiger partial charge on any atom is 0.217 e. The van der Waals surface area contributed by atoms with E-state index in [1.165, 1.54) is 0 Å². The van der Waals surface area contributed by atoms with Gasteiger partial charge in [0, 0.05) is 30.5 Å². The van der Waals surface area contributed by atoms with Crippen molar-refractivity contribution in [2.24, 2.45) is 11.7 Å². The maximum absolute atomic E-state index is 11.1. The van der Waals surface area contributed by atoms with E-state index in [2.05, 4.69) is 34.0 Å². The van der Waals surface area contributed by atoms with Gasteiger partial charge in [0.2, 0.25) is 5.91 Å². The van der Waals surface area contributed by atoms with Crippen LogP contribution in [0.5, 0.6) is 5.75 Å². The lowest BCUT2D eigenvalue weighted by atomic mass is 10.2. The number of amides is 1. The summed E-state index contributed by atoms with van der Waals surface area (Å²) in [6.45, 7) is 5.09. The average Bonchev–Trinajstić information content (AvgIpc) is 3.31. The van der Waals surface area contributed by atoms with Gasteiger partial charge >= 0.3 is 0 Å². The summed E-state index contributed by atoms with van der Waals surface area (Å²) < 4.78 is 7.53. The van der Waals surface area contributed by atoms with E-state index in [0.29, 0.717) is 18.1 Å². The van der Waals surface area contributed by atoms with Crippen molar-refractivity contribution >= 4 is 29.0 Å². The summed E-state index contributed by atoms with van der Waals surface area (Å²) in [7, 11) is 1.67. The largest absolute Gasteiger partial charge is 0.496 e. The van der Waals surface area contributed by atoms with Crippen molar-refractivity contribution in [1.82, 2.24) is 19.7 Å². The molecule has 0 aliphatic heterocycles. The van der Waals surface area contributed by atoms with Crippen molar-refractivity contribution in [3.05, 3.63) is 41.2 Å². The fraction of sp³-hybridized carbons (Fsp3) is 0.400. The highest BCUT2D eigenvalue weighted by Crippen LogP contribution is 2.33. The Morgan fingerprint density at radius 1 is 1.31 bits per heavy atom. The molecule has 29 heavy (non-hydrogen) atoms. The highest BCUT2D eigenvalue weighted by Gasteiger charge is 2.16. The van der Waals surface area contributed by atoms with Crippen LogP contribution in [-0.2, 0) is 23.5 Å². The van der Waals surface area contributed by atoms with Crippen LogP contribution in [0.1, 0.15) is 31.8 Å². The summed E-state index contributed by atoms with van der Waals surface area (Å²) in [5.41, 5.74) is 7.26. The van der Waals surface area contributed by atoms with E-state index in [1.807, 2.05) is 24.3 Å². The first-order chi connectivity index (χ1) is 14.0. The van der Waals surface area contributed by atoms with Gasteiger partial charge in [0.25, 0.3) is 0 Å². The van der Waals surface area contributed by atoms with E-state index in [9.17, 15) is 4.79 Å². The van der Waals surface area contributed by atoms with Crippen LogP contribution in [0.15, 0.2) is 34.8 Å². The van der Waals surface area contributed by atoms with Crippen LogP contribution >= 0.6 is 23.1 Å². The van der Waals surface area contributed by atoms with Crippen LogP contribution < -0.4 is 10.5 Å². The molecule has 1 aromatic carbocycles. The van der Waals surface area contributed by atoms with Gasteiger partial charge in [0.1, 0.15) is 16.6 Å². The Morgan fingerprint density at radius 3 is 2.83 bits per heavy atom. The minimum atomic E-state index is -0.329. The molecule has 0 saturated heterocycles. The van der Waals surface area contributed by atoms with E-state index in [0.717, 1.165) is 39.5 Å². The van der Waals surface area contributed by atoms with Gasteiger partial charge in [-0.2, -0.15) is 0 Å². The highest BCUT2D eigenvalue weighted by atomic mass is 32.2. The minimum Gasteiger partial charge on any atom is -0.496 e. The number of aromatic nitrogens is 4. The summed E-state index contributed by atoms with van der Waals surface area (Å²) in [4.78, 5) is 15.9. The van der Waals surface area contributed by atoms with E-state index in [1.54, 1.807) is 30.2 Å². The summed E-state index contributed by atoms with van der Waals surface area (Å²) >= 11 is 3.20. The van der Waals surface area contributed by atoms with E-state index in [-0.39, 0.29) is 12.3 Å². The number of carbonyl (C=O) groups excluding carboxylic acids is 1. The van der Waals surface area contributed by atoms with Gasteiger partial charge in [0.05, 0.1) is 18.4 Å². The minimum absolute atomic E-state index is 0.273. The summed E-state index contributed by atoms with van der Waals surface area (Å²) in [6, 6.07) is 7.88. The number of benzene rings is 1. The Hall–Kier alpha value is -2.39. The van der Waals surface area contributed by atoms with Gasteiger partial charge in [-0.3, -0.25) is 4.79 Å². The van der Waals surface area contributed by atoms with Crippen molar-refractivity contribution in [1.29, 1.82) is 0 Å². The quantitative estimate of drug-likeness (QED) is 0.491. The zero-order chi connectivity index (χ0) is 20.8. The van der Waals surface area contributed by atoms with Crippen molar-refractivity contribution in [3.63, 3.8) is 0 Å². The Kier molecular flexibility index (Phi) is 7.27. The van der Waals surface area contributed by atoms with Crippen LogP contribution in [0, 0.1) is 5.92 Å². The predicted molar refractivity (Wildman–Crippen MR) is 116 cm³/mol. The molecule has 7 nitrogen and oxygen atoms in total. The molecule has 2 aromatic heterocycles. The van der Waals surface area contributed by atoms with E-state index >= 15 is 0 Å². The summed E-state index contributed by atoms with van der Waals surface area (Å²) in [5, 5.41) is 12.4. The molecule has 0 saturated carbocycles. The van der Waals surface area contributed by atoms with E-state index in [4.69, 9.17) is 15.5 Å². The smallest absolute Gasteiger partial charge is 0.217 e. The molecule has 154 valence electrons. The summed E-state index contributed by atoms with van der Waals surface area (Å²) in [5.74, 6) is 2.42. The van der Waals surface area contributed by atoms with Gasteiger partial charge in [-0.1, -0.05) is 37.7 Å². The second-order valence-electron chi connectivity index (χ2n) is 7.00. The molecule has 0 spiro atoms. The number of primary amides is 1. The lowest BCUT2D eigenvalue weighted by molar-refractivity contribution is -0.118. The van der Waals surface area contributed by atoms with Gasteiger partial charge in [-0.25, -0.2) is 4.98 Å². The molecule has 2 heterocycles. The van der Waals surface area contributed by atoms with Crippen molar-refractivity contribution in [2.75, 3.05) is 7.11 Å². The van der Waals surface area contributed by atoms with Crippen LogP contribution in [-0.4, -0.2) is 32.8 Å². The first kappa shape index (κ1) is 21.3. The molecule has 3 aromatic rings. The fourth-order valence-electron chi connectivity index (χ4n) is 2.85. The van der Waals surface area contributed by atoms with E-state index < -0.39 is 0 Å². The van der Waals surface area contributed by atoms with Crippen molar-refractivity contribution in [3.8, 4) is 16.3 Å². The highest BCUT2D eigenvalue weighted by molar-refractivity contribution is 7.98. The molecule has 0 radical (unpaired) electrons. The normalized spacial score (nSPS) is 11.2. The zero-order valence-corrected chi connectivity index (χ0v) is 18.4. The third-order valence-corrected chi connectivity index (χ3v) is 6.10. The van der Waals surface area contributed by atoms with Crippen LogP contribution in [0.25, 0.3) is 10.6 Å². The third kappa shape index (κ3) is 5.57. The molecular formula is C20H25N5O2S2. The van der Waals surface area contributed by atoms with Gasteiger partial charge < -0.3 is 15.0 Å². The molecular weight excluding hydrogens is 406 g/mol. The van der Waals surface area contributed by atoms with Crippen molar-refractivity contribution in [2.45, 2.75) is 44.1 Å². The first-order valence-corrected chi connectivity index (χ1v) is 11.3. The number of para-hydroxylation sites is 1. The lowest BCUT2D eigenvalue weighted by Crippen LogP contribution is -2.15. The molecule has 2 N–H and O–H groups in total. The number of ether oxygens (including phenoxy) is 1. The molecule has 1 amide bonds. The van der Waals surface area contributed by atoms with Gasteiger partial charge in [-0.15, -0.1) is 21.5 Å². The molecule has 0 aliphatic carbocycles. The lowest BCUT2D eigenvalue weighted by Gasteiger charge is -2.11. The Bertz CT molecular complexity index is 967. The fourth-order valence-corrected chi connectivity index (χ4v) is 4.66. The van der Waals surface area contributed by atoms with Crippen molar-refractivity contribution < 1.29 is 9.53 Å². The van der Waals surface area contributed by atoms with Crippen LogP contribution in [0.3, 0.4) is 0 Å². The Balaban J connectivity index is 1.73. The number of hydrogen-bond donors (Lipinski definition) is 1. The average molecular weight is 432 g/mol. The maximum atomic E-state index is 11.1. The molecule has 0 unspecified atom stereocenters. The number of hydrogen-bond acceptors (Lipinski definition) is 7. The number of nitrogens with two attached hydrogens (primary N) is 1. The number of thioether (sulfide) groups is 1. The SMILES string of the molecule is COc1ccccc1-c1nc(CSc2nnc(CCC(N)=O)n2CC(C)C)cs1. The molecule has 0 atom stereocenters. The number of aryl methyl sites for hydroxylation is 1. The molecule has 9 heteroatoms. The standard InChI is InChI=1S/C20H25N5O2S2/c1-13(2)10-25-18(9-8-17(21)26)23-24-20(25)29-12-14-11-28-19(22-14)15-6-4-5-7-16(15)27-3/h4-7,11,13H,8-10,12H2,1-3H3,(H2,21,26). The monoisotopic (exact) mass is 431 g/mol. The van der Waals surface area contributed by atoms with Crippen LogP contribution in [0.4, 0.5) is 0 Å². The van der Waals surface area contributed by atoms with Crippen LogP contribution in [0.2, 0.25) is 0 Å². The molecule has 0 fully saturated rings. The number of carbonyl (C=O) groups is 1. The molecule has 3 rings (SSSR count). The third-order valence-electron chi connectivity index (χ3n) is 4.17. The van der Waals surface area contributed by atoms with Gasteiger partial charge in [-0.05, 0) is 18.1 Å². The molecule has 0 aliphatic rings. The summed E-state index contributed by atoms with van der Waals surface area (Å²) in [6.07, 6.45) is 0.777. The molecule has 0 bridgehead atoms. The predicted octanol–water partition coefficient (Wildman–Crippen LogP) is 3.78. The van der Waals surface area contributed by atoms with Gasteiger partial charge in [0.15, 0.2) is 5.16 Å². The number of nitrogens with zero attached hydrogens (tertiary/aromatic N) is 4. The Labute approximate surface area is 178 Å². The second kappa shape index (κ2) is 9.89. The topological polar surface area (TPSA) is 95.9 Å².